The van der Waals surface area contributed by atoms with E-state index in [1.165, 1.54) is 0 Å². The van der Waals surface area contributed by atoms with E-state index >= 15 is 0 Å². The van der Waals surface area contributed by atoms with Crippen molar-refractivity contribution in [2.75, 3.05) is 6.54 Å². The van der Waals surface area contributed by atoms with Gasteiger partial charge < -0.3 is 10.6 Å². The standard InChI is InChI=1S/C20H26N4O3/c1-3-21-18(25)13(2)22-19(26)14-9-10-15-16(12-14)23-17-8-6-4-5-7-11-24(17)20(15)27/h9-10,12-13H,3-8,11H2,1-2H3,(H,21,25)(H,22,26)/t13-/m0/s1. The summed E-state index contributed by atoms with van der Waals surface area (Å²) < 4.78 is 1.78. The lowest BCUT2D eigenvalue weighted by Crippen LogP contribution is -2.44. The van der Waals surface area contributed by atoms with E-state index in [4.69, 9.17) is 0 Å². The Morgan fingerprint density at radius 3 is 2.78 bits per heavy atom. The van der Waals surface area contributed by atoms with Crippen molar-refractivity contribution in [3.05, 3.63) is 39.9 Å². The second-order valence-corrected chi connectivity index (χ2v) is 6.97. The fourth-order valence-electron chi connectivity index (χ4n) is 3.41. The molecule has 0 saturated heterocycles. The monoisotopic (exact) mass is 370 g/mol. The number of amides is 2. The van der Waals surface area contributed by atoms with Crippen LogP contribution in [0.4, 0.5) is 0 Å². The van der Waals surface area contributed by atoms with E-state index < -0.39 is 6.04 Å². The van der Waals surface area contributed by atoms with Gasteiger partial charge in [0.25, 0.3) is 11.5 Å². The summed E-state index contributed by atoms with van der Waals surface area (Å²) >= 11 is 0. The first-order valence-electron chi connectivity index (χ1n) is 9.63. The van der Waals surface area contributed by atoms with E-state index in [2.05, 4.69) is 15.6 Å². The van der Waals surface area contributed by atoms with Gasteiger partial charge in [-0.25, -0.2) is 4.98 Å². The number of carbonyl (C=O) groups is 2. The lowest BCUT2D eigenvalue weighted by Gasteiger charge is -2.17. The number of benzene rings is 1. The largest absolute Gasteiger partial charge is 0.355 e. The first-order chi connectivity index (χ1) is 13.0. The number of carbonyl (C=O) groups excluding carboxylic acids is 2. The van der Waals surface area contributed by atoms with Gasteiger partial charge in [0, 0.05) is 25.1 Å². The van der Waals surface area contributed by atoms with Crippen molar-refractivity contribution in [3.8, 4) is 0 Å². The zero-order valence-corrected chi connectivity index (χ0v) is 15.9. The van der Waals surface area contributed by atoms with Crippen LogP contribution in [0.15, 0.2) is 23.0 Å². The highest BCUT2D eigenvalue weighted by Crippen LogP contribution is 2.16. The van der Waals surface area contributed by atoms with Gasteiger partial charge in [0.1, 0.15) is 11.9 Å². The summed E-state index contributed by atoms with van der Waals surface area (Å²) in [4.78, 5) is 41.8. The van der Waals surface area contributed by atoms with Crippen molar-refractivity contribution in [2.24, 2.45) is 0 Å². The molecule has 0 bridgehead atoms. The molecule has 2 amide bonds. The summed E-state index contributed by atoms with van der Waals surface area (Å²) in [7, 11) is 0. The van der Waals surface area contributed by atoms with Gasteiger partial charge >= 0.3 is 0 Å². The van der Waals surface area contributed by atoms with Crippen molar-refractivity contribution in [1.29, 1.82) is 0 Å². The summed E-state index contributed by atoms with van der Waals surface area (Å²) in [5.41, 5.74) is 0.881. The Morgan fingerprint density at radius 2 is 2.00 bits per heavy atom. The van der Waals surface area contributed by atoms with Gasteiger partial charge in [0.05, 0.1) is 10.9 Å². The lowest BCUT2D eigenvalue weighted by atomic mass is 10.1. The highest BCUT2D eigenvalue weighted by atomic mass is 16.2. The molecule has 1 aliphatic rings. The Bertz CT molecular complexity index is 919. The minimum Gasteiger partial charge on any atom is -0.355 e. The normalized spacial score (nSPS) is 15.3. The van der Waals surface area contributed by atoms with Crippen molar-refractivity contribution in [2.45, 2.75) is 58.5 Å². The van der Waals surface area contributed by atoms with E-state index in [1.807, 2.05) is 6.92 Å². The van der Waals surface area contributed by atoms with Crippen molar-refractivity contribution in [1.82, 2.24) is 20.2 Å². The lowest BCUT2D eigenvalue weighted by molar-refractivity contribution is -0.122. The highest BCUT2D eigenvalue weighted by molar-refractivity contribution is 5.99. The molecule has 0 saturated carbocycles. The topological polar surface area (TPSA) is 93.1 Å². The molecule has 27 heavy (non-hydrogen) atoms. The second kappa shape index (κ2) is 8.33. The van der Waals surface area contributed by atoms with Crippen LogP contribution < -0.4 is 16.2 Å². The number of hydrogen-bond acceptors (Lipinski definition) is 4. The summed E-state index contributed by atoms with van der Waals surface area (Å²) in [6.07, 6.45) is 5.05. The molecule has 3 rings (SSSR count). The minimum absolute atomic E-state index is 0.0421. The summed E-state index contributed by atoms with van der Waals surface area (Å²) in [6.45, 7) is 4.67. The van der Waals surface area contributed by atoms with Crippen molar-refractivity contribution >= 4 is 22.7 Å². The van der Waals surface area contributed by atoms with Crippen LogP contribution in [-0.4, -0.2) is 34.0 Å². The van der Waals surface area contributed by atoms with Gasteiger partial charge in [-0.15, -0.1) is 0 Å². The summed E-state index contributed by atoms with van der Waals surface area (Å²) in [5, 5.41) is 5.87. The molecule has 0 radical (unpaired) electrons. The molecule has 0 aliphatic carbocycles. The minimum atomic E-state index is -0.637. The Morgan fingerprint density at radius 1 is 1.22 bits per heavy atom. The van der Waals surface area contributed by atoms with E-state index in [1.54, 1.807) is 29.7 Å². The van der Waals surface area contributed by atoms with Crippen LogP contribution in [0.1, 0.15) is 55.7 Å². The summed E-state index contributed by atoms with van der Waals surface area (Å²) in [6, 6.07) is 4.27. The zero-order valence-electron chi connectivity index (χ0n) is 15.9. The van der Waals surface area contributed by atoms with E-state index in [0.29, 0.717) is 29.6 Å². The Hall–Kier alpha value is -2.70. The predicted molar refractivity (Wildman–Crippen MR) is 104 cm³/mol. The predicted octanol–water partition coefficient (Wildman–Crippen LogP) is 1.77. The Labute approximate surface area is 158 Å². The molecular formula is C20H26N4O3. The molecule has 7 nitrogen and oxygen atoms in total. The number of nitrogens with one attached hydrogen (secondary N) is 2. The number of fused-ring (bicyclic) bond motifs is 2. The molecule has 0 unspecified atom stereocenters. The molecule has 1 aromatic heterocycles. The number of likely N-dealkylation sites (N-methyl/N-ethyl adjacent to an activating group) is 1. The van der Waals surface area contributed by atoms with Crippen LogP contribution >= 0.6 is 0 Å². The van der Waals surface area contributed by atoms with Gasteiger partial charge in [-0.1, -0.05) is 12.8 Å². The number of hydrogen-bond donors (Lipinski definition) is 2. The molecule has 2 aromatic rings. The first kappa shape index (κ1) is 19.1. The molecule has 0 fully saturated rings. The van der Waals surface area contributed by atoms with Gasteiger partial charge in [0.15, 0.2) is 0 Å². The zero-order chi connectivity index (χ0) is 19.4. The third-order valence-electron chi connectivity index (χ3n) is 4.92. The number of rotatable bonds is 4. The van der Waals surface area contributed by atoms with Gasteiger partial charge in [-0.05, 0) is 44.9 Å². The number of aromatic nitrogens is 2. The third kappa shape index (κ3) is 4.18. The molecule has 1 atom stereocenters. The molecule has 144 valence electrons. The smallest absolute Gasteiger partial charge is 0.261 e. The van der Waals surface area contributed by atoms with Crippen LogP contribution in [-0.2, 0) is 17.8 Å². The average molecular weight is 370 g/mol. The number of nitrogens with zero attached hydrogens (tertiary/aromatic N) is 2. The molecule has 2 N–H and O–H groups in total. The maximum Gasteiger partial charge on any atom is 0.261 e. The third-order valence-corrected chi connectivity index (χ3v) is 4.92. The number of aryl methyl sites for hydroxylation is 1. The van der Waals surface area contributed by atoms with E-state index in [0.717, 1.165) is 37.9 Å². The quantitative estimate of drug-likeness (QED) is 0.858. The van der Waals surface area contributed by atoms with Gasteiger partial charge in [0.2, 0.25) is 5.91 Å². The van der Waals surface area contributed by atoms with Crippen LogP contribution in [0.5, 0.6) is 0 Å². The van der Waals surface area contributed by atoms with Crippen LogP contribution in [0.2, 0.25) is 0 Å². The average Bonchev–Trinajstić information content (AvgIpc) is 2.63. The fraction of sp³-hybridized carbons (Fsp3) is 0.500. The highest BCUT2D eigenvalue weighted by Gasteiger charge is 2.18. The molecular weight excluding hydrogens is 344 g/mol. The molecule has 1 aromatic carbocycles. The van der Waals surface area contributed by atoms with E-state index in [-0.39, 0.29) is 17.4 Å². The van der Waals surface area contributed by atoms with Crippen LogP contribution in [0.25, 0.3) is 10.9 Å². The summed E-state index contributed by atoms with van der Waals surface area (Å²) in [5.74, 6) is 0.203. The molecule has 0 spiro atoms. The first-order valence-corrected chi connectivity index (χ1v) is 9.63. The Kier molecular flexibility index (Phi) is 5.88. The van der Waals surface area contributed by atoms with Gasteiger partial charge in [-0.2, -0.15) is 0 Å². The van der Waals surface area contributed by atoms with Crippen LogP contribution in [0.3, 0.4) is 0 Å². The fourth-order valence-corrected chi connectivity index (χ4v) is 3.41. The van der Waals surface area contributed by atoms with Crippen LogP contribution in [0, 0.1) is 0 Å². The maximum absolute atomic E-state index is 12.8. The second-order valence-electron chi connectivity index (χ2n) is 6.97. The van der Waals surface area contributed by atoms with E-state index in [9.17, 15) is 14.4 Å². The molecule has 7 heteroatoms. The maximum atomic E-state index is 12.8. The SMILES string of the molecule is CCNC(=O)[C@H](C)NC(=O)c1ccc2c(=O)n3c(nc2c1)CCCCCC3. The van der Waals surface area contributed by atoms with Crippen molar-refractivity contribution in [3.63, 3.8) is 0 Å². The van der Waals surface area contributed by atoms with Gasteiger partial charge in [-0.3, -0.25) is 19.0 Å². The molecule has 2 heterocycles. The van der Waals surface area contributed by atoms with Crippen molar-refractivity contribution < 1.29 is 9.59 Å². The Balaban J connectivity index is 1.90. The molecule has 1 aliphatic heterocycles.